The zero-order valence-electron chi connectivity index (χ0n) is 20.0. The number of aliphatic hydroxyl groups excluding tert-OH is 1. The van der Waals surface area contributed by atoms with Gasteiger partial charge in [-0.2, -0.15) is 0 Å². The predicted octanol–water partition coefficient (Wildman–Crippen LogP) is 3.41. The first kappa shape index (κ1) is 29.9. The molecule has 8 heteroatoms. The summed E-state index contributed by atoms with van der Waals surface area (Å²) < 4.78 is 16.2. The maximum Gasteiger partial charge on any atom is 0.333 e. The van der Waals surface area contributed by atoms with Gasteiger partial charge in [0, 0.05) is 24.3 Å². The molecule has 1 N–H and O–H groups in total. The molecule has 0 saturated carbocycles. The summed E-state index contributed by atoms with van der Waals surface area (Å²) in [6, 6.07) is 0. The molecular formula is C23H41O7P. The third-order valence-electron chi connectivity index (χ3n) is 4.94. The molecule has 0 spiro atoms. The molecule has 0 aromatic carbocycles. The maximum absolute atomic E-state index is 12.4. The van der Waals surface area contributed by atoms with Crippen molar-refractivity contribution in [2.75, 3.05) is 19.8 Å². The van der Waals surface area contributed by atoms with Gasteiger partial charge in [-0.1, -0.05) is 19.9 Å². The summed E-state index contributed by atoms with van der Waals surface area (Å²) >= 11 is 0. The van der Waals surface area contributed by atoms with Gasteiger partial charge in [0.1, 0.15) is 23.9 Å². The van der Waals surface area contributed by atoms with Crippen LogP contribution in [0.15, 0.2) is 12.2 Å². The number of ketones is 2. The van der Waals surface area contributed by atoms with Gasteiger partial charge >= 0.3 is 5.97 Å². The smallest absolute Gasteiger partial charge is 0.333 e. The van der Waals surface area contributed by atoms with E-state index in [0.717, 1.165) is 19.3 Å². The Morgan fingerprint density at radius 3 is 2.16 bits per heavy atom. The van der Waals surface area contributed by atoms with Crippen LogP contribution < -0.4 is 0 Å². The third-order valence-corrected chi connectivity index (χ3v) is 5.72. The lowest BCUT2D eigenvalue weighted by Gasteiger charge is -2.26. The van der Waals surface area contributed by atoms with Crippen LogP contribution in [0.4, 0.5) is 0 Å². The first-order valence-electron chi connectivity index (χ1n) is 10.9. The normalized spacial score (nSPS) is 14.1. The molecule has 0 aliphatic carbocycles. The fourth-order valence-corrected chi connectivity index (χ4v) is 3.03. The van der Waals surface area contributed by atoms with Gasteiger partial charge in [0.05, 0.1) is 6.61 Å². The van der Waals surface area contributed by atoms with E-state index in [4.69, 9.17) is 14.2 Å². The fourth-order valence-electron chi connectivity index (χ4n) is 2.62. The van der Waals surface area contributed by atoms with Gasteiger partial charge in [0.15, 0.2) is 11.6 Å². The van der Waals surface area contributed by atoms with E-state index < -0.39 is 23.3 Å². The number of carbonyl (C=O) groups is 3. The monoisotopic (exact) mass is 460 g/mol. The van der Waals surface area contributed by atoms with E-state index in [1.54, 1.807) is 27.7 Å². The van der Waals surface area contributed by atoms with Crippen LogP contribution in [0.3, 0.4) is 0 Å². The number of aliphatic hydroxyl groups is 1. The standard InChI is InChI=1S/C23H41O7P/c1-8-18(31)20(26)23(6,7)29-13-11-9-10-12-19(25)22(4,5)30-15-17(24)14-28-21(27)16(2)3/h17-18,24H,2,8-15,31H2,1,3-7H3. The van der Waals surface area contributed by atoms with Crippen molar-refractivity contribution < 1.29 is 33.7 Å². The first-order chi connectivity index (χ1) is 14.2. The maximum atomic E-state index is 12.4. The van der Waals surface area contributed by atoms with Crippen molar-refractivity contribution in [1.29, 1.82) is 0 Å². The zero-order valence-corrected chi connectivity index (χ0v) is 21.1. The number of hydrogen-bond acceptors (Lipinski definition) is 7. The second-order valence-corrected chi connectivity index (χ2v) is 9.63. The minimum Gasteiger partial charge on any atom is -0.460 e. The molecule has 0 amide bonds. The summed E-state index contributed by atoms with van der Waals surface area (Å²) in [4.78, 5) is 36.0. The van der Waals surface area contributed by atoms with E-state index in [2.05, 4.69) is 15.8 Å². The molecule has 0 bridgehead atoms. The molecule has 0 saturated heterocycles. The van der Waals surface area contributed by atoms with E-state index >= 15 is 0 Å². The van der Waals surface area contributed by atoms with Gasteiger partial charge in [0.25, 0.3) is 0 Å². The SMILES string of the molecule is C=C(C)C(=O)OCC(O)COC(C)(C)C(=O)CCCCCOC(C)(C)C(=O)C(P)CC. The highest BCUT2D eigenvalue weighted by molar-refractivity contribution is 7.19. The second-order valence-electron chi connectivity index (χ2n) is 8.83. The van der Waals surface area contributed by atoms with Crippen LogP contribution >= 0.6 is 9.24 Å². The van der Waals surface area contributed by atoms with Gasteiger partial charge in [-0.15, -0.1) is 9.24 Å². The average Bonchev–Trinajstić information content (AvgIpc) is 2.71. The number of esters is 1. The van der Waals surface area contributed by atoms with Crippen molar-refractivity contribution in [3.05, 3.63) is 12.2 Å². The number of ether oxygens (including phenoxy) is 3. The lowest BCUT2D eigenvalue weighted by Crippen LogP contribution is -2.40. The summed E-state index contributed by atoms with van der Waals surface area (Å²) in [7, 11) is 2.56. The molecule has 0 aliphatic rings. The van der Waals surface area contributed by atoms with Crippen LogP contribution in [0.2, 0.25) is 0 Å². The Morgan fingerprint density at radius 1 is 1.00 bits per heavy atom. The number of hydrogen-bond donors (Lipinski definition) is 1. The van der Waals surface area contributed by atoms with E-state index in [-0.39, 0.29) is 36.0 Å². The summed E-state index contributed by atoms with van der Waals surface area (Å²) in [5.74, 6) is -0.570. The third kappa shape index (κ3) is 11.9. The molecule has 0 rings (SSSR count). The molecule has 3 atom stereocenters. The Hall–Kier alpha value is -1.14. The predicted molar refractivity (Wildman–Crippen MR) is 124 cm³/mol. The van der Waals surface area contributed by atoms with E-state index in [9.17, 15) is 19.5 Å². The molecule has 0 fully saturated rings. The van der Waals surface area contributed by atoms with Crippen molar-refractivity contribution >= 4 is 26.8 Å². The van der Waals surface area contributed by atoms with Crippen molar-refractivity contribution in [3.63, 3.8) is 0 Å². The van der Waals surface area contributed by atoms with Gasteiger partial charge < -0.3 is 19.3 Å². The van der Waals surface area contributed by atoms with Crippen LogP contribution in [-0.2, 0) is 28.6 Å². The number of unbranched alkanes of at least 4 members (excludes halogenated alkanes) is 2. The van der Waals surface area contributed by atoms with Crippen molar-refractivity contribution in [2.45, 2.75) is 96.6 Å². The highest BCUT2D eigenvalue weighted by atomic mass is 31.0. The number of rotatable bonds is 17. The van der Waals surface area contributed by atoms with Crippen LogP contribution in [-0.4, -0.2) is 65.4 Å². The lowest BCUT2D eigenvalue weighted by atomic mass is 9.97. The van der Waals surface area contributed by atoms with Crippen molar-refractivity contribution in [3.8, 4) is 0 Å². The summed E-state index contributed by atoms with van der Waals surface area (Å²) in [6.45, 7) is 14.0. The molecule has 0 aliphatic heterocycles. The van der Waals surface area contributed by atoms with Crippen molar-refractivity contribution in [2.24, 2.45) is 0 Å². The van der Waals surface area contributed by atoms with Gasteiger partial charge in [-0.3, -0.25) is 9.59 Å². The minimum absolute atomic E-state index is 0.0659. The number of Topliss-reactive ketones (excluding diaryl/α,β-unsaturated/α-hetero) is 2. The molecule has 7 nitrogen and oxygen atoms in total. The van der Waals surface area contributed by atoms with Gasteiger partial charge in [-0.25, -0.2) is 4.79 Å². The molecule has 31 heavy (non-hydrogen) atoms. The van der Waals surface area contributed by atoms with Crippen LogP contribution in [0.1, 0.15) is 73.6 Å². The van der Waals surface area contributed by atoms with E-state index in [0.29, 0.717) is 19.4 Å². The Bertz CT molecular complexity index is 613. The lowest BCUT2D eigenvalue weighted by molar-refractivity contribution is -0.151. The first-order valence-corrected chi connectivity index (χ1v) is 11.5. The molecule has 0 aromatic heterocycles. The van der Waals surface area contributed by atoms with Crippen LogP contribution in [0.25, 0.3) is 0 Å². The molecule has 0 radical (unpaired) electrons. The van der Waals surface area contributed by atoms with Crippen LogP contribution in [0.5, 0.6) is 0 Å². The Morgan fingerprint density at radius 2 is 1.61 bits per heavy atom. The molecule has 0 heterocycles. The zero-order chi connectivity index (χ0) is 24.2. The quantitative estimate of drug-likeness (QED) is 0.154. The minimum atomic E-state index is -1.04. The van der Waals surface area contributed by atoms with E-state index in [1.165, 1.54) is 6.92 Å². The van der Waals surface area contributed by atoms with E-state index in [1.807, 2.05) is 6.92 Å². The highest BCUT2D eigenvalue weighted by Gasteiger charge is 2.31. The Labute approximate surface area is 189 Å². The number of carbonyl (C=O) groups excluding carboxylic acids is 3. The van der Waals surface area contributed by atoms with Crippen molar-refractivity contribution in [1.82, 2.24) is 0 Å². The van der Waals surface area contributed by atoms with Gasteiger partial charge in [-0.05, 0) is 53.9 Å². The highest BCUT2D eigenvalue weighted by Crippen LogP contribution is 2.21. The Kier molecular flexibility index (Phi) is 13.6. The molecule has 180 valence electrons. The Balaban J connectivity index is 4.15. The largest absolute Gasteiger partial charge is 0.460 e. The summed E-state index contributed by atoms with van der Waals surface area (Å²) in [5, 5.41) is 9.87. The summed E-state index contributed by atoms with van der Waals surface area (Å²) in [6.07, 6.45) is 2.32. The average molecular weight is 461 g/mol. The topological polar surface area (TPSA) is 99.1 Å². The summed E-state index contributed by atoms with van der Waals surface area (Å²) in [5.41, 5.74) is -1.71. The van der Waals surface area contributed by atoms with Crippen LogP contribution in [0, 0.1) is 0 Å². The molecule has 0 aromatic rings. The molecular weight excluding hydrogens is 419 g/mol. The fraction of sp³-hybridized carbons (Fsp3) is 0.783. The molecule has 3 unspecified atom stereocenters. The van der Waals surface area contributed by atoms with Gasteiger partial charge in [0.2, 0.25) is 0 Å². The second kappa shape index (κ2) is 14.1.